The lowest BCUT2D eigenvalue weighted by Crippen LogP contribution is -2.33. The number of aromatic nitrogens is 4. The summed E-state index contributed by atoms with van der Waals surface area (Å²) in [6, 6.07) is 7.71. The number of hydrogen-bond donors (Lipinski definition) is 0. The minimum absolute atomic E-state index is 0.663. The van der Waals surface area contributed by atoms with Crippen LogP contribution < -0.4 is 19.4 Å². The summed E-state index contributed by atoms with van der Waals surface area (Å²) in [6.07, 6.45) is 3.98. The molecule has 3 rings (SSSR count). The molecule has 1 aliphatic rings. The average molecular weight is 382 g/mol. The maximum atomic E-state index is 8.55. The zero-order valence-electron chi connectivity index (χ0n) is 14.5. The van der Waals surface area contributed by atoms with Gasteiger partial charge in [-0.15, -0.1) is 10.2 Å². The van der Waals surface area contributed by atoms with Gasteiger partial charge in [-0.3, -0.25) is 0 Å². The number of likely N-dealkylation sites (tertiary alicyclic amines) is 1. The van der Waals surface area contributed by atoms with Crippen LogP contribution in [0.5, 0.6) is 5.75 Å². The third-order valence-corrected chi connectivity index (χ3v) is 3.87. The Morgan fingerprint density at radius 3 is 2.27 bits per heavy atom. The number of tetrazole rings is 1. The second-order valence-corrected chi connectivity index (χ2v) is 6.68. The molecule has 144 valence electrons. The summed E-state index contributed by atoms with van der Waals surface area (Å²) in [5.41, 5.74) is 0.958. The van der Waals surface area contributed by atoms with Gasteiger partial charge in [-0.2, -0.15) is 12.6 Å². The van der Waals surface area contributed by atoms with E-state index in [0.717, 1.165) is 24.4 Å². The number of hydrogen-bond acceptors (Lipinski definition) is 9. The highest BCUT2D eigenvalue weighted by atomic mass is 31.2. The second kappa shape index (κ2) is 9.75. The van der Waals surface area contributed by atoms with Crippen molar-refractivity contribution in [2.24, 2.45) is 0 Å². The van der Waals surface area contributed by atoms with E-state index in [1.807, 2.05) is 24.3 Å². The Kier molecular flexibility index (Phi) is 7.67. The first-order chi connectivity index (χ1) is 12.3. The fourth-order valence-corrected chi connectivity index (χ4v) is 2.61. The molecule has 1 saturated heterocycles. The number of piperidine rings is 1. The van der Waals surface area contributed by atoms with Crippen molar-refractivity contribution in [2.75, 3.05) is 26.7 Å². The third-order valence-electron chi connectivity index (χ3n) is 3.87. The Balaban J connectivity index is 0.000000431. The number of methoxy groups -OCH3 is 1. The Hall–Kier alpha value is -1.84. The van der Waals surface area contributed by atoms with E-state index in [1.54, 1.807) is 11.9 Å². The van der Waals surface area contributed by atoms with Gasteiger partial charge in [0.2, 0.25) is 5.82 Å². The van der Waals surface area contributed by atoms with Crippen LogP contribution in [0.2, 0.25) is 0 Å². The van der Waals surface area contributed by atoms with Gasteiger partial charge in [0, 0.05) is 12.1 Å². The first-order valence-corrected chi connectivity index (χ1v) is 9.69. The molecular weight excluding hydrogens is 361 g/mol. The first kappa shape index (κ1) is 20.5. The molecule has 1 aliphatic heterocycles. The molecule has 0 saturated carbocycles. The lowest BCUT2D eigenvalue weighted by Gasteiger charge is -2.36. The molecule has 10 nitrogen and oxygen atoms in total. The van der Waals surface area contributed by atoms with Gasteiger partial charge in [-0.05, 0) is 55.4 Å². The van der Waals surface area contributed by atoms with E-state index in [0.29, 0.717) is 5.82 Å². The maximum Gasteiger partial charge on any atom is 0.204 e. The van der Waals surface area contributed by atoms with Gasteiger partial charge in [-0.25, -0.2) is 0 Å². The molecule has 0 spiro atoms. The lowest BCUT2D eigenvalue weighted by molar-refractivity contribution is -0.432. The normalized spacial score (nSPS) is 15.2. The van der Waals surface area contributed by atoms with Crippen LogP contribution in [0.1, 0.15) is 19.3 Å². The number of rotatable bonds is 5. The molecule has 0 N–H and O–H groups in total. The van der Waals surface area contributed by atoms with Crippen molar-refractivity contribution in [3.05, 3.63) is 24.3 Å². The zero-order chi connectivity index (χ0) is 19.0. The summed E-state index contributed by atoms with van der Waals surface area (Å²) in [6.45, 7) is 4.18. The van der Waals surface area contributed by atoms with Gasteiger partial charge in [0.25, 0.3) is 0 Å². The molecule has 0 bridgehead atoms. The van der Waals surface area contributed by atoms with Gasteiger partial charge in [0.15, 0.2) is 0 Å². The fourth-order valence-electron chi connectivity index (χ4n) is 2.61. The van der Waals surface area contributed by atoms with Gasteiger partial charge in [0.05, 0.1) is 13.7 Å². The molecule has 0 unspecified atom stereocenters. The molecule has 1 aromatic heterocycles. The summed E-state index contributed by atoms with van der Waals surface area (Å²) in [4.78, 5) is 29.8. The highest BCUT2D eigenvalue weighted by Gasteiger charge is 2.11. The largest absolute Gasteiger partial charge is 0.822 e. The van der Waals surface area contributed by atoms with Crippen molar-refractivity contribution in [3.63, 3.8) is 0 Å². The van der Waals surface area contributed by atoms with E-state index in [-0.39, 0.29) is 0 Å². The topological polar surface area (TPSA) is 142 Å². The second-order valence-electron chi connectivity index (χ2n) is 5.79. The van der Waals surface area contributed by atoms with Crippen molar-refractivity contribution in [2.45, 2.75) is 25.8 Å². The smallest absolute Gasteiger partial charge is 0.204 e. The van der Waals surface area contributed by atoms with Crippen LogP contribution in [0.25, 0.3) is 11.4 Å². The Morgan fingerprint density at radius 1 is 1.08 bits per heavy atom. The van der Waals surface area contributed by atoms with Crippen LogP contribution in [-0.2, 0) is 11.1 Å². The summed E-state index contributed by atoms with van der Waals surface area (Å²) in [5.74, 6) is 1.49. The molecule has 1 fully saturated rings. The van der Waals surface area contributed by atoms with Crippen LogP contribution in [0.15, 0.2) is 24.3 Å². The maximum absolute atomic E-state index is 8.55. The molecule has 1 aromatic carbocycles. The zero-order valence-corrected chi connectivity index (χ0v) is 15.4. The lowest BCUT2D eigenvalue weighted by atomic mass is 10.1. The standard InChI is InChI=1S/C15H21N5O.H3O4P/c1-21-14-7-5-13(6-8-14)15-16-18-20(17-15)12-11-19-9-3-2-4-10-19;1-5(2,3)4/h5-8H,2-4,9-12H2,1H3;(H3,1,2,3,4)/p-3. The Morgan fingerprint density at radius 2 is 1.69 bits per heavy atom. The molecule has 0 radical (unpaired) electrons. The van der Waals surface area contributed by atoms with Gasteiger partial charge in [-0.1, -0.05) is 6.42 Å². The number of ether oxygens (including phenoxy) is 1. The molecule has 2 heterocycles. The monoisotopic (exact) mass is 382 g/mol. The number of phosphoric acid groups is 1. The van der Waals surface area contributed by atoms with Crippen LogP contribution >= 0.6 is 7.82 Å². The minimum Gasteiger partial charge on any atom is -0.822 e. The summed E-state index contributed by atoms with van der Waals surface area (Å²) >= 11 is 0. The Labute approximate surface area is 151 Å². The molecule has 2 aromatic rings. The summed E-state index contributed by atoms with van der Waals surface area (Å²) in [7, 11) is -3.73. The van der Waals surface area contributed by atoms with Crippen LogP contribution in [0, 0.1) is 0 Å². The molecular formula is C15H21N5O5P-3. The van der Waals surface area contributed by atoms with Crippen molar-refractivity contribution >= 4 is 7.82 Å². The van der Waals surface area contributed by atoms with Gasteiger partial charge >= 0.3 is 0 Å². The number of benzene rings is 1. The van der Waals surface area contributed by atoms with Crippen molar-refractivity contribution in [1.29, 1.82) is 0 Å². The minimum atomic E-state index is -5.39. The average Bonchev–Trinajstić information content (AvgIpc) is 3.08. The third kappa shape index (κ3) is 7.59. The van der Waals surface area contributed by atoms with E-state index in [4.69, 9.17) is 24.0 Å². The van der Waals surface area contributed by atoms with Crippen LogP contribution in [-0.4, -0.2) is 51.9 Å². The van der Waals surface area contributed by atoms with Crippen LogP contribution in [0.4, 0.5) is 0 Å². The highest BCUT2D eigenvalue weighted by Crippen LogP contribution is 2.18. The van der Waals surface area contributed by atoms with E-state index >= 15 is 0 Å². The molecule has 0 atom stereocenters. The van der Waals surface area contributed by atoms with E-state index in [1.165, 1.54) is 32.4 Å². The quantitative estimate of drug-likeness (QED) is 0.596. The molecule has 11 heteroatoms. The molecule has 26 heavy (non-hydrogen) atoms. The van der Waals surface area contributed by atoms with Crippen molar-refractivity contribution < 1.29 is 24.0 Å². The van der Waals surface area contributed by atoms with Crippen LogP contribution in [0.3, 0.4) is 0 Å². The first-order valence-electron chi connectivity index (χ1n) is 8.23. The predicted octanol–water partition coefficient (Wildman–Crippen LogP) is -0.990. The van der Waals surface area contributed by atoms with Crippen molar-refractivity contribution in [1.82, 2.24) is 25.1 Å². The summed E-state index contributed by atoms with van der Waals surface area (Å²) < 4.78 is 13.7. The van der Waals surface area contributed by atoms with Crippen molar-refractivity contribution in [3.8, 4) is 17.1 Å². The SMILES string of the molecule is COc1ccc(-c2nnn(CCN3CCCCC3)n2)cc1.O=P([O-])([O-])[O-]. The number of nitrogens with zero attached hydrogens (tertiary/aromatic N) is 5. The fraction of sp³-hybridized carbons (Fsp3) is 0.533. The van der Waals surface area contributed by atoms with E-state index < -0.39 is 7.82 Å². The van der Waals surface area contributed by atoms with Gasteiger partial charge in [0.1, 0.15) is 5.75 Å². The highest BCUT2D eigenvalue weighted by molar-refractivity contribution is 7.40. The van der Waals surface area contributed by atoms with E-state index in [2.05, 4.69) is 20.3 Å². The molecule has 0 amide bonds. The molecule has 0 aliphatic carbocycles. The predicted molar refractivity (Wildman–Crippen MR) is 87.7 cm³/mol. The van der Waals surface area contributed by atoms with Gasteiger partial charge < -0.3 is 28.9 Å². The Bertz CT molecular complexity index is 703. The van der Waals surface area contributed by atoms with E-state index in [9.17, 15) is 0 Å². The summed E-state index contributed by atoms with van der Waals surface area (Å²) in [5, 5.41) is 12.7.